The number of hydrogen-bond acceptors (Lipinski definition) is 3. The smallest absolute Gasteiger partial charge is 0.220 e. The number of rotatable bonds is 5. The van der Waals surface area contributed by atoms with Gasteiger partial charge in [0.25, 0.3) is 0 Å². The van der Waals surface area contributed by atoms with Gasteiger partial charge in [0.2, 0.25) is 5.91 Å². The molecule has 2 aromatic heterocycles. The number of amides is 1. The highest BCUT2D eigenvalue weighted by atomic mass is 16.1. The van der Waals surface area contributed by atoms with E-state index >= 15 is 0 Å². The van der Waals surface area contributed by atoms with Gasteiger partial charge in [0.05, 0.1) is 0 Å². The van der Waals surface area contributed by atoms with Gasteiger partial charge >= 0.3 is 0 Å². The third-order valence-corrected chi connectivity index (χ3v) is 4.13. The normalized spacial score (nSPS) is 11.9. The van der Waals surface area contributed by atoms with Crippen LogP contribution in [-0.4, -0.2) is 27.9 Å². The standard InChI is InChI=1S/C19H20N4O/c1-13(11-18(24)20-2)15-3-4-16(14-5-7-21-8-6-14)17(12-15)19-22-9-10-23-19/h3-10,12-13H,11H2,1-2H3,(H,20,24)(H,22,23). The molecule has 3 aromatic rings. The molecule has 1 unspecified atom stereocenters. The highest BCUT2D eigenvalue weighted by Crippen LogP contribution is 2.33. The van der Waals surface area contributed by atoms with Gasteiger partial charge in [-0.1, -0.05) is 19.1 Å². The van der Waals surface area contributed by atoms with Crippen molar-refractivity contribution < 1.29 is 4.79 Å². The van der Waals surface area contributed by atoms with Crippen LogP contribution in [0.3, 0.4) is 0 Å². The number of carbonyl (C=O) groups is 1. The van der Waals surface area contributed by atoms with Crippen LogP contribution < -0.4 is 5.32 Å². The molecule has 2 heterocycles. The Morgan fingerprint density at radius 1 is 1.17 bits per heavy atom. The molecule has 0 fully saturated rings. The van der Waals surface area contributed by atoms with Crippen molar-refractivity contribution >= 4 is 5.91 Å². The summed E-state index contributed by atoms with van der Waals surface area (Å²) in [5.74, 6) is 0.987. The first kappa shape index (κ1) is 15.9. The lowest BCUT2D eigenvalue weighted by molar-refractivity contribution is -0.120. The fraction of sp³-hybridized carbons (Fsp3) is 0.211. The average molecular weight is 320 g/mol. The van der Waals surface area contributed by atoms with Gasteiger partial charge in [0.1, 0.15) is 5.82 Å². The molecule has 0 aliphatic heterocycles. The van der Waals surface area contributed by atoms with Crippen molar-refractivity contribution in [2.45, 2.75) is 19.3 Å². The zero-order valence-electron chi connectivity index (χ0n) is 13.8. The summed E-state index contributed by atoms with van der Waals surface area (Å²) < 4.78 is 0. The molecule has 1 amide bonds. The Labute approximate surface area is 141 Å². The summed E-state index contributed by atoms with van der Waals surface area (Å²) in [7, 11) is 1.66. The Morgan fingerprint density at radius 3 is 2.62 bits per heavy atom. The number of nitrogens with one attached hydrogen (secondary N) is 2. The van der Waals surface area contributed by atoms with E-state index in [0.29, 0.717) is 6.42 Å². The lowest BCUT2D eigenvalue weighted by Crippen LogP contribution is -2.19. The quantitative estimate of drug-likeness (QED) is 0.757. The van der Waals surface area contributed by atoms with E-state index in [0.717, 1.165) is 28.1 Å². The van der Waals surface area contributed by atoms with E-state index in [4.69, 9.17) is 0 Å². The number of imidazole rings is 1. The highest BCUT2D eigenvalue weighted by molar-refractivity contribution is 5.81. The van der Waals surface area contributed by atoms with Crippen LogP contribution in [0.4, 0.5) is 0 Å². The van der Waals surface area contributed by atoms with Gasteiger partial charge in [-0.15, -0.1) is 0 Å². The summed E-state index contributed by atoms with van der Waals surface area (Å²) in [6, 6.07) is 10.2. The first-order valence-corrected chi connectivity index (χ1v) is 7.93. The first-order valence-electron chi connectivity index (χ1n) is 7.93. The van der Waals surface area contributed by atoms with Crippen LogP contribution >= 0.6 is 0 Å². The predicted molar refractivity (Wildman–Crippen MR) is 94.4 cm³/mol. The molecular formula is C19H20N4O. The van der Waals surface area contributed by atoms with Crippen molar-refractivity contribution in [2.75, 3.05) is 7.05 Å². The Balaban J connectivity index is 2.04. The molecule has 1 atom stereocenters. The summed E-state index contributed by atoms with van der Waals surface area (Å²) in [4.78, 5) is 23.3. The first-order chi connectivity index (χ1) is 11.7. The Hall–Kier alpha value is -2.95. The Kier molecular flexibility index (Phi) is 4.70. The molecule has 0 bridgehead atoms. The van der Waals surface area contributed by atoms with Crippen molar-refractivity contribution in [1.82, 2.24) is 20.3 Å². The molecule has 5 heteroatoms. The molecule has 0 saturated carbocycles. The van der Waals surface area contributed by atoms with Gasteiger partial charge in [-0.05, 0) is 40.8 Å². The molecule has 2 N–H and O–H groups in total. The average Bonchev–Trinajstić information content (AvgIpc) is 3.16. The molecule has 0 saturated heterocycles. The zero-order chi connectivity index (χ0) is 16.9. The molecular weight excluding hydrogens is 300 g/mol. The third kappa shape index (κ3) is 3.35. The fourth-order valence-electron chi connectivity index (χ4n) is 2.76. The molecule has 5 nitrogen and oxygen atoms in total. The van der Waals surface area contributed by atoms with E-state index in [1.54, 1.807) is 25.6 Å². The highest BCUT2D eigenvalue weighted by Gasteiger charge is 2.15. The number of aromatic nitrogens is 3. The van der Waals surface area contributed by atoms with Crippen molar-refractivity contribution in [3.63, 3.8) is 0 Å². The summed E-state index contributed by atoms with van der Waals surface area (Å²) in [5.41, 5.74) is 4.31. The Morgan fingerprint density at radius 2 is 1.96 bits per heavy atom. The molecule has 0 aliphatic carbocycles. The predicted octanol–water partition coefficient (Wildman–Crippen LogP) is 3.38. The van der Waals surface area contributed by atoms with Gasteiger partial charge in [-0.3, -0.25) is 9.78 Å². The van der Waals surface area contributed by atoms with Gasteiger partial charge < -0.3 is 10.3 Å². The number of carbonyl (C=O) groups excluding carboxylic acids is 1. The third-order valence-electron chi connectivity index (χ3n) is 4.13. The maximum absolute atomic E-state index is 11.7. The van der Waals surface area contributed by atoms with Crippen LogP contribution in [-0.2, 0) is 4.79 Å². The van der Waals surface area contributed by atoms with Crippen molar-refractivity contribution in [1.29, 1.82) is 0 Å². The topological polar surface area (TPSA) is 70.7 Å². The molecule has 0 aliphatic rings. The second-order valence-corrected chi connectivity index (χ2v) is 5.76. The van der Waals surface area contributed by atoms with Gasteiger partial charge in [0, 0.05) is 43.8 Å². The fourth-order valence-corrected chi connectivity index (χ4v) is 2.76. The lowest BCUT2D eigenvalue weighted by atomic mass is 9.91. The molecule has 0 spiro atoms. The lowest BCUT2D eigenvalue weighted by Gasteiger charge is -2.15. The zero-order valence-corrected chi connectivity index (χ0v) is 13.8. The maximum atomic E-state index is 11.7. The Bertz CT molecular complexity index is 813. The van der Waals surface area contributed by atoms with E-state index in [1.807, 2.05) is 18.3 Å². The molecule has 122 valence electrons. The van der Waals surface area contributed by atoms with E-state index in [-0.39, 0.29) is 11.8 Å². The van der Waals surface area contributed by atoms with Gasteiger partial charge in [-0.2, -0.15) is 0 Å². The van der Waals surface area contributed by atoms with E-state index in [9.17, 15) is 4.79 Å². The summed E-state index contributed by atoms with van der Waals surface area (Å²) >= 11 is 0. The minimum Gasteiger partial charge on any atom is -0.359 e. The number of benzene rings is 1. The minimum absolute atomic E-state index is 0.0419. The molecule has 1 aromatic carbocycles. The van der Waals surface area contributed by atoms with Gasteiger partial charge in [-0.25, -0.2) is 4.98 Å². The van der Waals surface area contributed by atoms with Crippen LogP contribution in [0.5, 0.6) is 0 Å². The molecule has 0 radical (unpaired) electrons. The van der Waals surface area contributed by atoms with E-state index in [1.165, 1.54) is 0 Å². The maximum Gasteiger partial charge on any atom is 0.220 e. The monoisotopic (exact) mass is 320 g/mol. The van der Waals surface area contributed by atoms with E-state index in [2.05, 4.69) is 45.4 Å². The van der Waals surface area contributed by atoms with E-state index < -0.39 is 0 Å². The van der Waals surface area contributed by atoms with Gasteiger partial charge in [0.15, 0.2) is 0 Å². The van der Waals surface area contributed by atoms with Crippen LogP contribution in [0, 0.1) is 0 Å². The SMILES string of the molecule is CNC(=O)CC(C)c1ccc(-c2ccncc2)c(-c2ncc[nH]2)c1. The van der Waals surface area contributed by atoms with Crippen LogP contribution in [0.1, 0.15) is 24.8 Å². The number of H-pyrrole nitrogens is 1. The second-order valence-electron chi connectivity index (χ2n) is 5.76. The van der Waals surface area contributed by atoms with Crippen molar-refractivity contribution in [3.05, 3.63) is 60.7 Å². The number of hydrogen-bond donors (Lipinski definition) is 2. The summed E-state index contributed by atoms with van der Waals surface area (Å²) in [6.07, 6.45) is 7.58. The number of aromatic amines is 1. The molecule has 24 heavy (non-hydrogen) atoms. The number of pyridine rings is 1. The summed E-state index contributed by atoms with van der Waals surface area (Å²) in [6.45, 7) is 2.06. The van der Waals surface area contributed by atoms with Crippen LogP contribution in [0.15, 0.2) is 55.1 Å². The minimum atomic E-state index is 0.0419. The number of nitrogens with zero attached hydrogens (tertiary/aromatic N) is 2. The van der Waals surface area contributed by atoms with Crippen molar-refractivity contribution in [2.24, 2.45) is 0 Å². The van der Waals surface area contributed by atoms with Crippen LogP contribution in [0.2, 0.25) is 0 Å². The van der Waals surface area contributed by atoms with Crippen LogP contribution in [0.25, 0.3) is 22.5 Å². The molecule has 3 rings (SSSR count). The van der Waals surface area contributed by atoms with Crippen molar-refractivity contribution in [3.8, 4) is 22.5 Å². The second kappa shape index (κ2) is 7.08. The largest absolute Gasteiger partial charge is 0.359 e. The summed E-state index contributed by atoms with van der Waals surface area (Å²) in [5, 5.41) is 2.68.